The Hall–Kier alpha value is -1.91. The number of rotatable bonds is 2. The molecule has 3 rings (SSSR count). The predicted molar refractivity (Wildman–Crippen MR) is 83.0 cm³/mol. The van der Waals surface area contributed by atoms with E-state index in [2.05, 4.69) is 18.0 Å². The fourth-order valence-electron chi connectivity index (χ4n) is 3.70. The van der Waals surface area contributed by atoms with Crippen molar-refractivity contribution in [3.05, 3.63) is 29.6 Å². The molecule has 3 unspecified atom stereocenters. The second-order valence-electron chi connectivity index (χ2n) is 6.51. The predicted octanol–water partition coefficient (Wildman–Crippen LogP) is 1.61. The van der Waals surface area contributed by atoms with E-state index in [1.165, 1.54) is 5.56 Å². The zero-order valence-corrected chi connectivity index (χ0v) is 13.0. The summed E-state index contributed by atoms with van der Waals surface area (Å²) in [5.41, 5.74) is 7.55. The summed E-state index contributed by atoms with van der Waals surface area (Å²) in [5.74, 6) is -0.573. The van der Waals surface area contributed by atoms with Gasteiger partial charge in [0.15, 0.2) is 0 Å². The Kier molecular flexibility index (Phi) is 4.14. The zero-order chi connectivity index (χ0) is 15.7. The Morgan fingerprint density at radius 2 is 2.14 bits per heavy atom. The highest BCUT2D eigenvalue weighted by molar-refractivity contribution is 5.85. The molecule has 0 radical (unpaired) electrons. The minimum absolute atomic E-state index is 0.109. The molecule has 2 heterocycles. The number of fused-ring (bicyclic) bond motifs is 1. The van der Waals surface area contributed by atoms with E-state index in [0.29, 0.717) is 6.54 Å². The van der Waals surface area contributed by atoms with Gasteiger partial charge in [0.25, 0.3) is 0 Å². The standard InChI is InChI=1S/C17H23N3O2/c1-11-7-8-13(16(18)21)10-20(11)17(22)14-6-2-4-12-5-3-9-19-15(12)14/h3,5,9,11,13-14H,2,4,6-8,10H2,1H3,(H2,18,21). The number of piperidine rings is 1. The van der Waals surface area contributed by atoms with Crippen LogP contribution in [0.2, 0.25) is 0 Å². The van der Waals surface area contributed by atoms with Crippen LogP contribution in [0.1, 0.15) is 49.8 Å². The fourth-order valence-corrected chi connectivity index (χ4v) is 3.70. The van der Waals surface area contributed by atoms with Crippen molar-refractivity contribution in [1.29, 1.82) is 0 Å². The van der Waals surface area contributed by atoms with Gasteiger partial charge in [-0.05, 0) is 50.7 Å². The molecule has 0 spiro atoms. The number of hydrogen-bond acceptors (Lipinski definition) is 3. The van der Waals surface area contributed by atoms with Gasteiger partial charge in [-0.25, -0.2) is 0 Å². The summed E-state index contributed by atoms with van der Waals surface area (Å²) in [4.78, 5) is 30.8. The average Bonchev–Trinajstić information content (AvgIpc) is 2.54. The minimum atomic E-state index is -0.299. The van der Waals surface area contributed by atoms with Crippen molar-refractivity contribution in [2.24, 2.45) is 11.7 Å². The van der Waals surface area contributed by atoms with Crippen LogP contribution in [0.4, 0.5) is 0 Å². The van der Waals surface area contributed by atoms with Gasteiger partial charge in [-0.1, -0.05) is 6.07 Å². The first-order valence-corrected chi connectivity index (χ1v) is 8.11. The van der Waals surface area contributed by atoms with Crippen molar-refractivity contribution in [3.63, 3.8) is 0 Å². The maximum Gasteiger partial charge on any atom is 0.231 e. The summed E-state index contributed by atoms with van der Waals surface area (Å²) >= 11 is 0. The van der Waals surface area contributed by atoms with Crippen molar-refractivity contribution in [1.82, 2.24) is 9.88 Å². The quantitative estimate of drug-likeness (QED) is 0.901. The lowest BCUT2D eigenvalue weighted by Crippen LogP contribution is -2.50. The largest absolute Gasteiger partial charge is 0.369 e. The summed E-state index contributed by atoms with van der Waals surface area (Å²) in [6.45, 7) is 2.51. The molecule has 1 aromatic heterocycles. The number of carbonyl (C=O) groups is 2. The maximum atomic E-state index is 13.0. The highest BCUT2D eigenvalue weighted by Crippen LogP contribution is 2.33. The van der Waals surface area contributed by atoms with Crippen molar-refractivity contribution in [2.45, 2.75) is 51.0 Å². The Bertz CT molecular complexity index is 587. The Balaban J connectivity index is 1.83. The number of nitrogens with two attached hydrogens (primary N) is 1. The first-order chi connectivity index (χ1) is 10.6. The van der Waals surface area contributed by atoms with Gasteiger partial charge >= 0.3 is 0 Å². The number of nitrogens with zero attached hydrogens (tertiary/aromatic N) is 2. The molecule has 2 amide bonds. The van der Waals surface area contributed by atoms with Crippen molar-refractivity contribution >= 4 is 11.8 Å². The van der Waals surface area contributed by atoms with E-state index >= 15 is 0 Å². The number of aryl methyl sites for hydroxylation is 1. The van der Waals surface area contributed by atoms with Gasteiger partial charge in [0.1, 0.15) is 0 Å². The molecule has 118 valence electrons. The van der Waals surface area contributed by atoms with E-state index in [1.54, 1.807) is 6.20 Å². The number of amides is 2. The van der Waals surface area contributed by atoms with Crippen LogP contribution < -0.4 is 5.73 Å². The lowest BCUT2D eigenvalue weighted by atomic mass is 9.84. The fraction of sp³-hybridized carbons (Fsp3) is 0.588. The molecule has 1 fully saturated rings. The number of hydrogen-bond donors (Lipinski definition) is 1. The number of pyridine rings is 1. The van der Waals surface area contributed by atoms with Crippen LogP contribution in [0.15, 0.2) is 18.3 Å². The van der Waals surface area contributed by atoms with Gasteiger partial charge in [-0.2, -0.15) is 0 Å². The molecule has 0 aromatic carbocycles. The van der Waals surface area contributed by atoms with E-state index in [0.717, 1.165) is 37.8 Å². The monoisotopic (exact) mass is 301 g/mol. The highest BCUT2D eigenvalue weighted by Gasteiger charge is 2.37. The molecule has 1 aliphatic carbocycles. The number of primary amides is 1. The third-order valence-electron chi connectivity index (χ3n) is 5.06. The molecule has 0 saturated carbocycles. The van der Waals surface area contributed by atoms with Gasteiger partial charge in [-0.15, -0.1) is 0 Å². The molecule has 22 heavy (non-hydrogen) atoms. The van der Waals surface area contributed by atoms with Crippen LogP contribution in [0, 0.1) is 5.92 Å². The number of likely N-dealkylation sites (tertiary alicyclic amines) is 1. The summed E-state index contributed by atoms with van der Waals surface area (Å²) < 4.78 is 0. The molecule has 0 bridgehead atoms. The van der Waals surface area contributed by atoms with Crippen LogP contribution in [-0.4, -0.2) is 34.3 Å². The highest BCUT2D eigenvalue weighted by atomic mass is 16.2. The molecule has 5 heteroatoms. The van der Waals surface area contributed by atoms with Crippen LogP contribution in [-0.2, 0) is 16.0 Å². The normalized spacial score (nSPS) is 28.0. The third-order valence-corrected chi connectivity index (χ3v) is 5.06. The minimum Gasteiger partial charge on any atom is -0.369 e. The molecule has 1 saturated heterocycles. The van der Waals surface area contributed by atoms with Crippen LogP contribution in [0.5, 0.6) is 0 Å². The third kappa shape index (κ3) is 2.72. The summed E-state index contributed by atoms with van der Waals surface area (Å²) in [5, 5.41) is 0. The first-order valence-electron chi connectivity index (χ1n) is 8.11. The lowest BCUT2D eigenvalue weighted by molar-refractivity contribution is -0.139. The van der Waals surface area contributed by atoms with Crippen LogP contribution in [0.3, 0.4) is 0 Å². The second kappa shape index (κ2) is 6.07. The SMILES string of the molecule is CC1CCC(C(N)=O)CN1C(=O)C1CCCc2cccnc21. The molecule has 1 aromatic rings. The van der Waals surface area contributed by atoms with Gasteiger partial charge < -0.3 is 10.6 Å². The van der Waals surface area contributed by atoms with Gasteiger partial charge in [0.2, 0.25) is 11.8 Å². The second-order valence-corrected chi connectivity index (χ2v) is 6.51. The van der Waals surface area contributed by atoms with E-state index < -0.39 is 0 Å². The van der Waals surface area contributed by atoms with Crippen molar-refractivity contribution in [2.75, 3.05) is 6.54 Å². The Morgan fingerprint density at radius 3 is 2.91 bits per heavy atom. The van der Waals surface area contributed by atoms with Crippen molar-refractivity contribution in [3.8, 4) is 0 Å². The van der Waals surface area contributed by atoms with Gasteiger partial charge in [0, 0.05) is 18.8 Å². The lowest BCUT2D eigenvalue weighted by Gasteiger charge is -2.39. The Morgan fingerprint density at radius 1 is 1.32 bits per heavy atom. The van der Waals surface area contributed by atoms with E-state index in [4.69, 9.17) is 5.73 Å². The summed E-state index contributed by atoms with van der Waals surface area (Å²) in [7, 11) is 0. The van der Waals surface area contributed by atoms with Gasteiger partial charge in [0.05, 0.1) is 17.5 Å². The summed E-state index contributed by atoms with van der Waals surface area (Å²) in [6, 6.07) is 4.16. The molecule has 1 aliphatic heterocycles. The number of aromatic nitrogens is 1. The van der Waals surface area contributed by atoms with E-state index in [-0.39, 0.29) is 29.7 Å². The summed E-state index contributed by atoms with van der Waals surface area (Å²) in [6.07, 6.45) is 6.22. The molecule has 2 N–H and O–H groups in total. The molecular formula is C17H23N3O2. The van der Waals surface area contributed by atoms with Crippen LogP contribution >= 0.6 is 0 Å². The maximum absolute atomic E-state index is 13.0. The first kappa shape index (κ1) is 15.0. The van der Waals surface area contributed by atoms with E-state index in [1.807, 2.05) is 11.0 Å². The zero-order valence-electron chi connectivity index (χ0n) is 13.0. The van der Waals surface area contributed by atoms with Crippen LogP contribution in [0.25, 0.3) is 0 Å². The number of carbonyl (C=O) groups excluding carboxylic acids is 2. The van der Waals surface area contributed by atoms with Crippen molar-refractivity contribution < 1.29 is 9.59 Å². The molecular weight excluding hydrogens is 278 g/mol. The Labute approximate surface area is 130 Å². The molecule has 3 atom stereocenters. The average molecular weight is 301 g/mol. The topological polar surface area (TPSA) is 76.3 Å². The molecule has 5 nitrogen and oxygen atoms in total. The van der Waals surface area contributed by atoms with Gasteiger partial charge in [-0.3, -0.25) is 14.6 Å². The molecule has 2 aliphatic rings. The smallest absolute Gasteiger partial charge is 0.231 e. The van der Waals surface area contributed by atoms with E-state index in [9.17, 15) is 9.59 Å².